The van der Waals surface area contributed by atoms with Gasteiger partial charge in [-0.15, -0.1) is 0 Å². The molecule has 2 saturated heterocycles. The standard InChI is InChI=1S/C15H19FN2O/c1-9(11-4-2-3-5-13(11)16)17-15(19)12-8-10-6-7-14(12)18-10/h2-5,9-10,12,14,18H,6-8H2,1H3,(H,17,19). The summed E-state index contributed by atoms with van der Waals surface area (Å²) in [4.78, 5) is 12.3. The molecule has 19 heavy (non-hydrogen) atoms. The third-order valence-electron chi connectivity index (χ3n) is 4.37. The average Bonchev–Trinajstić information content (AvgIpc) is 3.01. The fourth-order valence-electron chi connectivity index (χ4n) is 3.34. The van der Waals surface area contributed by atoms with Crippen LogP contribution in [0.4, 0.5) is 4.39 Å². The molecule has 3 rings (SSSR count). The van der Waals surface area contributed by atoms with Crippen molar-refractivity contribution in [2.45, 2.75) is 44.3 Å². The van der Waals surface area contributed by atoms with Crippen LogP contribution < -0.4 is 10.6 Å². The summed E-state index contributed by atoms with van der Waals surface area (Å²) in [5.41, 5.74) is 0.548. The van der Waals surface area contributed by atoms with Crippen molar-refractivity contribution in [1.82, 2.24) is 10.6 Å². The summed E-state index contributed by atoms with van der Waals surface area (Å²) in [6.07, 6.45) is 3.18. The molecule has 0 radical (unpaired) electrons. The molecule has 2 fully saturated rings. The van der Waals surface area contributed by atoms with Crippen LogP contribution >= 0.6 is 0 Å². The molecule has 0 aliphatic carbocycles. The Hall–Kier alpha value is -1.42. The van der Waals surface area contributed by atoms with Crippen LogP contribution in [0.25, 0.3) is 0 Å². The molecule has 0 spiro atoms. The third-order valence-corrected chi connectivity index (χ3v) is 4.37. The zero-order valence-electron chi connectivity index (χ0n) is 11.0. The molecule has 0 saturated carbocycles. The Bertz CT molecular complexity index is 491. The van der Waals surface area contributed by atoms with E-state index in [2.05, 4.69) is 10.6 Å². The number of halogens is 1. The molecule has 3 nitrogen and oxygen atoms in total. The highest BCUT2D eigenvalue weighted by Gasteiger charge is 2.42. The number of carbonyl (C=O) groups excluding carboxylic acids is 1. The topological polar surface area (TPSA) is 41.1 Å². The lowest BCUT2D eigenvalue weighted by Crippen LogP contribution is -2.38. The van der Waals surface area contributed by atoms with E-state index in [1.165, 1.54) is 12.5 Å². The minimum Gasteiger partial charge on any atom is -0.349 e. The van der Waals surface area contributed by atoms with E-state index >= 15 is 0 Å². The van der Waals surface area contributed by atoms with Gasteiger partial charge in [-0.1, -0.05) is 18.2 Å². The second kappa shape index (κ2) is 4.93. The zero-order valence-corrected chi connectivity index (χ0v) is 11.0. The normalized spacial score (nSPS) is 30.3. The van der Waals surface area contributed by atoms with Crippen LogP contribution in [0.15, 0.2) is 24.3 Å². The van der Waals surface area contributed by atoms with Crippen molar-refractivity contribution >= 4 is 5.91 Å². The van der Waals surface area contributed by atoms with Crippen LogP contribution in [0, 0.1) is 11.7 Å². The van der Waals surface area contributed by atoms with Crippen LogP contribution in [-0.4, -0.2) is 18.0 Å². The highest BCUT2D eigenvalue weighted by molar-refractivity contribution is 5.80. The largest absolute Gasteiger partial charge is 0.349 e. The first kappa shape index (κ1) is 12.6. The van der Waals surface area contributed by atoms with Gasteiger partial charge in [-0.05, 0) is 32.3 Å². The quantitative estimate of drug-likeness (QED) is 0.876. The van der Waals surface area contributed by atoms with Gasteiger partial charge in [0.05, 0.1) is 12.0 Å². The van der Waals surface area contributed by atoms with E-state index in [9.17, 15) is 9.18 Å². The van der Waals surface area contributed by atoms with Gasteiger partial charge >= 0.3 is 0 Å². The molecule has 2 bridgehead atoms. The molecule has 1 aromatic rings. The fraction of sp³-hybridized carbons (Fsp3) is 0.533. The van der Waals surface area contributed by atoms with Crippen molar-refractivity contribution in [1.29, 1.82) is 0 Å². The van der Waals surface area contributed by atoms with Gasteiger partial charge in [-0.2, -0.15) is 0 Å². The van der Waals surface area contributed by atoms with E-state index in [0.717, 1.165) is 12.8 Å². The van der Waals surface area contributed by atoms with E-state index in [1.807, 2.05) is 6.92 Å². The number of hydrogen-bond acceptors (Lipinski definition) is 2. The lowest BCUT2D eigenvalue weighted by Gasteiger charge is -2.22. The van der Waals surface area contributed by atoms with Gasteiger partial charge in [0.1, 0.15) is 5.82 Å². The molecule has 2 aliphatic heterocycles. The lowest BCUT2D eigenvalue weighted by atomic mass is 9.88. The van der Waals surface area contributed by atoms with Crippen molar-refractivity contribution in [3.63, 3.8) is 0 Å². The number of amides is 1. The highest BCUT2D eigenvalue weighted by atomic mass is 19.1. The van der Waals surface area contributed by atoms with Crippen molar-refractivity contribution in [2.24, 2.45) is 5.92 Å². The summed E-state index contributed by atoms with van der Waals surface area (Å²) in [6.45, 7) is 1.83. The van der Waals surface area contributed by atoms with Crippen molar-refractivity contribution in [3.8, 4) is 0 Å². The molecule has 102 valence electrons. The van der Waals surface area contributed by atoms with Gasteiger partial charge < -0.3 is 10.6 Å². The second-order valence-corrected chi connectivity index (χ2v) is 5.64. The number of nitrogens with one attached hydrogen (secondary N) is 2. The van der Waals surface area contributed by atoms with Crippen LogP contribution in [0.5, 0.6) is 0 Å². The van der Waals surface area contributed by atoms with Crippen molar-refractivity contribution < 1.29 is 9.18 Å². The summed E-state index contributed by atoms with van der Waals surface area (Å²) >= 11 is 0. The predicted molar refractivity (Wildman–Crippen MR) is 71.0 cm³/mol. The number of carbonyl (C=O) groups is 1. The Morgan fingerprint density at radius 3 is 2.84 bits per heavy atom. The molecule has 2 aliphatic rings. The minimum atomic E-state index is -0.284. The van der Waals surface area contributed by atoms with E-state index in [4.69, 9.17) is 0 Å². The lowest BCUT2D eigenvalue weighted by molar-refractivity contribution is -0.126. The maximum Gasteiger partial charge on any atom is 0.225 e. The predicted octanol–water partition coefficient (Wildman–Crippen LogP) is 2.14. The third kappa shape index (κ3) is 2.37. The Kier molecular flexibility index (Phi) is 3.27. The summed E-state index contributed by atoms with van der Waals surface area (Å²) in [6, 6.07) is 7.14. The molecule has 4 atom stereocenters. The van der Waals surface area contributed by atoms with Crippen molar-refractivity contribution in [3.05, 3.63) is 35.6 Å². The molecule has 0 aromatic heterocycles. The van der Waals surface area contributed by atoms with E-state index in [-0.39, 0.29) is 23.7 Å². The SMILES string of the molecule is CC(NC(=O)C1CC2CCC1N2)c1ccccc1F. The van der Waals surface area contributed by atoms with Gasteiger partial charge in [0.2, 0.25) is 5.91 Å². The first-order valence-electron chi connectivity index (χ1n) is 6.96. The smallest absolute Gasteiger partial charge is 0.225 e. The van der Waals surface area contributed by atoms with Gasteiger partial charge in [-0.3, -0.25) is 4.79 Å². The second-order valence-electron chi connectivity index (χ2n) is 5.64. The van der Waals surface area contributed by atoms with Gasteiger partial charge in [-0.25, -0.2) is 4.39 Å². The fourth-order valence-corrected chi connectivity index (χ4v) is 3.34. The van der Waals surface area contributed by atoms with Gasteiger partial charge in [0.25, 0.3) is 0 Å². The zero-order chi connectivity index (χ0) is 13.4. The monoisotopic (exact) mass is 262 g/mol. The molecule has 4 unspecified atom stereocenters. The van der Waals surface area contributed by atoms with Crippen LogP contribution in [0.3, 0.4) is 0 Å². The first-order chi connectivity index (χ1) is 9.15. The maximum atomic E-state index is 13.7. The summed E-state index contributed by atoms with van der Waals surface area (Å²) in [5, 5.41) is 6.39. The maximum absolute atomic E-state index is 13.7. The van der Waals surface area contributed by atoms with Crippen LogP contribution in [-0.2, 0) is 4.79 Å². The van der Waals surface area contributed by atoms with Crippen LogP contribution in [0.1, 0.15) is 37.8 Å². The Balaban J connectivity index is 1.65. The summed E-state index contributed by atoms with van der Waals surface area (Å²) in [5.74, 6) is -0.162. The van der Waals surface area contributed by atoms with Crippen LogP contribution in [0.2, 0.25) is 0 Å². The summed E-state index contributed by atoms with van der Waals surface area (Å²) in [7, 11) is 0. The van der Waals surface area contributed by atoms with E-state index in [0.29, 0.717) is 17.6 Å². The molecule has 1 amide bonds. The molecule has 2 N–H and O–H groups in total. The Labute approximate surface area is 112 Å². The van der Waals surface area contributed by atoms with Gasteiger partial charge in [0, 0.05) is 17.6 Å². The average molecular weight is 262 g/mol. The van der Waals surface area contributed by atoms with E-state index < -0.39 is 0 Å². The number of benzene rings is 1. The van der Waals surface area contributed by atoms with Crippen molar-refractivity contribution in [2.75, 3.05) is 0 Å². The molecular formula is C15H19FN2O. The number of fused-ring (bicyclic) bond motifs is 2. The van der Waals surface area contributed by atoms with E-state index in [1.54, 1.807) is 18.2 Å². The number of hydrogen-bond donors (Lipinski definition) is 2. The first-order valence-corrected chi connectivity index (χ1v) is 6.96. The highest BCUT2D eigenvalue weighted by Crippen LogP contribution is 2.33. The number of rotatable bonds is 3. The Morgan fingerprint density at radius 1 is 1.42 bits per heavy atom. The Morgan fingerprint density at radius 2 is 2.21 bits per heavy atom. The molecular weight excluding hydrogens is 243 g/mol. The van der Waals surface area contributed by atoms with Gasteiger partial charge in [0.15, 0.2) is 0 Å². The molecule has 4 heteroatoms. The minimum absolute atomic E-state index is 0.0490. The molecule has 1 aromatic carbocycles. The molecule has 2 heterocycles. The summed E-state index contributed by atoms with van der Waals surface area (Å²) < 4.78 is 13.7.